The van der Waals surface area contributed by atoms with Crippen molar-refractivity contribution in [1.29, 1.82) is 0 Å². The monoisotopic (exact) mass is 469 g/mol. The van der Waals surface area contributed by atoms with Gasteiger partial charge >= 0.3 is 0 Å². The highest BCUT2D eigenvalue weighted by molar-refractivity contribution is 14.0. The van der Waals surface area contributed by atoms with E-state index in [0.717, 1.165) is 18.4 Å². The molecule has 1 aliphatic carbocycles. The van der Waals surface area contributed by atoms with Gasteiger partial charge in [-0.1, -0.05) is 12.1 Å². The van der Waals surface area contributed by atoms with E-state index < -0.39 is 9.84 Å². The van der Waals surface area contributed by atoms with Crippen LogP contribution in [-0.2, 0) is 15.3 Å². The zero-order valence-corrected chi connectivity index (χ0v) is 17.2. The molecule has 2 N–H and O–H groups in total. The van der Waals surface area contributed by atoms with Crippen LogP contribution < -0.4 is 10.6 Å². The highest BCUT2D eigenvalue weighted by Crippen LogP contribution is 2.48. The van der Waals surface area contributed by atoms with Gasteiger partial charge in [0, 0.05) is 24.8 Å². The Kier molecular flexibility index (Phi) is 7.91. The largest absolute Gasteiger partial charge is 0.357 e. The third-order valence-corrected chi connectivity index (χ3v) is 4.89. The number of halogens is 2. The van der Waals surface area contributed by atoms with Gasteiger partial charge in [-0.05, 0) is 37.5 Å². The molecule has 2 rings (SSSR count). The van der Waals surface area contributed by atoms with Gasteiger partial charge in [0.05, 0.1) is 12.3 Å². The smallest absolute Gasteiger partial charge is 0.191 e. The number of guanidine groups is 1. The van der Waals surface area contributed by atoms with Gasteiger partial charge in [-0.2, -0.15) is 0 Å². The number of nitrogens with zero attached hydrogens (tertiary/aromatic N) is 1. The van der Waals surface area contributed by atoms with Crippen LogP contribution in [0.1, 0.15) is 25.3 Å². The van der Waals surface area contributed by atoms with Crippen LogP contribution >= 0.6 is 24.0 Å². The highest BCUT2D eigenvalue weighted by Gasteiger charge is 2.44. The zero-order chi connectivity index (χ0) is 16.9. The molecule has 0 unspecified atom stereocenters. The molecule has 0 aliphatic heterocycles. The molecule has 24 heavy (non-hydrogen) atoms. The van der Waals surface area contributed by atoms with Crippen LogP contribution in [-0.4, -0.2) is 46.0 Å². The lowest BCUT2D eigenvalue weighted by molar-refractivity contribution is 0.600. The number of hydrogen-bond acceptors (Lipinski definition) is 3. The highest BCUT2D eigenvalue weighted by atomic mass is 127. The van der Waals surface area contributed by atoms with Crippen LogP contribution in [0.15, 0.2) is 29.3 Å². The number of rotatable bonds is 7. The molecule has 0 aromatic heterocycles. The zero-order valence-electron chi connectivity index (χ0n) is 14.0. The van der Waals surface area contributed by atoms with Gasteiger partial charge in [0.1, 0.15) is 15.7 Å². The van der Waals surface area contributed by atoms with E-state index in [0.29, 0.717) is 25.6 Å². The number of aliphatic imine (C=N–C) groups is 1. The summed E-state index contributed by atoms with van der Waals surface area (Å²) in [5, 5.41) is 6.13. The van der Waals surface area contributed by atoms with Crippen molar-refractivity contribution < 1.29 is 12.8 Å². The molecule has 1 aromatic rings. The molecule has 0 heterocycles. The van der Waals surface area contributed by atoms with Crippen LogP contribution in [0.3, 0.4) is 0 Å². The van der Waals surface area contributed by atoms with Crippen molar-refractivity contribution >= 4 is 39.8 Å². The van der Waals surface area contributed by atoms with Gasteiger partial charge in [-0.3, -0.25) is 4.99 Å². The molecule has 1 fully saturated rings. The summed E-state index contributed by atoms with van der Waals surface area (Å²) in [4.78, 5) is 4.55. The number of nitrogens with one attached hydrogen (secondary N) is 2. The van der Waals surface area contributed by atoms with E-state index in [2.05, 4.69) is 15.6 Å². The molecule has 1 aliphatic rings. The molecular formula is C16H25FIN3O2S. The topological polar surface area (TPSA) is 70.6 Å². The van der Waals surface area contributed by atoms with E-state index in [4.69, 9.17) is 0 Å². The van der Waals surface area contributed by atoms with Crippen molar-refractivity contribution in [2.75, 3.05) is 31.6 Å². The molecule has 1 saturated carbocycles. The Morgan fingerprint density at radius 3 is 2.58 bits per heavy atom. The quantitative estimate of drug-likeness (QED) is 0.365. The van der Waals surface area contributed by atoms with Crippen molar-refractivity contribution in [3.05, 3.63) is 35.6 Å². The first kappa shape index (κ1) is 21.1. The van der Waals surface area contributed by atoms with Gasteiger partial charge < -0.3 is 10.6 Å². The molecule has 5 nitrogen and oxygen atoms in total. The molecule has 0 saturated heterocycles. The maximum atomic E-state index is 13.4. The van der Waals surface area contributed by atoms with E-state index in [1.807, 2.05) is 13.0 Å². The third kappa shape index (κ3) is 6.54. The number of hydrogen-bond donors (Lipinski definition) is 2. The lowest BCUT2D eigenvalue weighted by Gasteiger charge is -2.16. The first-order valence-electron chi connectivity index (χ1n) is 7.81. The van der Waals surface area contributed by atoms with Crippen LogP contribution in [0.25, 0.3) is 0 Å². The van der Waals surface area contributed by atoms with Crippen molar-refractivity contribution in [2.24, 2.45) is 4.99 Å². The molecule has 1 aromatic carbocycles. The van der Waals surface area contributed by atoms with Crippen LogP contribution in [0.4, 0.5) is 4.39 Å². The van der Waals surface area contributed by atoms with Crippen molar-refractivity contribution in [3.8, 4) is 0 Å². The van der Waals surface area contributed by atoms with Crippen LogP contribution in [0, 0.1) is 5.82 Å². The second kappa shape index (κ2) is 8.98. The summed E-state index contributed by atoms with van der Waals surface area (Å²) in [7, 11) is -3.00. The average Bonchev–Trinajstić information content (AvgIpc) is 3.25. The molecule has 0 spiro atoms. The maximum Gasteiger partial charge on any atom is 0.191 e. The summed E-state index contributed by atoms with van der Waals surface area (Å²) in [5.41, 5.74) is 0.898. The Bertz CT molecular complexity index is 676. The Morgan fingerprint density at radius 2 is 2.04 bits per heavy atom. The Hall–Kier alpha value is -0.900. The third-order valence-electron chi connectivity index (χ3n) is 3.94. The lowest BCUT2D eigenvalue weighted by Crippen LogP contribution is -2.40. The predicted molar refractivity (Wildman–Crippen MR) is 106 cm³/mol. The van der Waals surface area contributed by atoms with Crippen LogP contribution in [0.2, 0.25) is 0 Å². The second-order valence-electron chi connectivity index (χ2n) is 6.04. The Morgan fingerprint density at radius 1 is 1.33 bits per heavy atom. The average molecular weight is 469 g/mol. The lowest BCUT2D eigenvalue weighted by atomic mass is 9.96. The summed E-state index contributed by atoms with van der Waals surface area (Å²) in [6, 6.07) is 6.69. The van der Waals surface area contributed by atoms with E-state index in [9.17, 15) is 12.8 Å². The normalized spacial score (nSPS) is 16.2. The fourth-order valence-electron chi connectivity index (χ4n) is 2.43. The molecular weight excluding hydrogens is 444 g/mol. The summed E-state index contributed by atoms with van der Waals surface area (Å²) in [6.45, 7) is 3.52. The van der Waals surface area contributed by atoms with Gasteiger partial charge in [0.2, 0.25) is 0 Å². The molecule has 0 bridgehead atoms. The molecule has 136 valence electrons. The van der Waals surface area contributed by atoms with Gasteiger partial charge in [0.25, 0.3) is 0 Å². The molecule has 0 atom stereocenters. The molecule has 0 amide bonds. The summed E-state index contributed by atoms with van der Waals surface area (Å²) in [6.07, 6.45) is 3.19. The van der Waals surface area contributed by atoms with Gasteiger partial charge in [-0.15, -0.1) is 24.0 Å². The maximum absolute atomic E-state index is 13.4. The minimum Gasteiger partial charge on any atom is -0.357 e. The summed E-state index contributed by atoms with van der Waals surface area (Å²) >= 11 is 0. The van der Waals surface area contributed by atoms with Gasteiger partial charge in [-0.25, -0.2) is 12.8 Å². The number of sulfone groups is 1. The minimum absolute atomic E-state index is 0. The fourth-order valence-corrected chi connectivity index (χ4v) is 2.91. The summed E-state index contributed by atoms with van der Waals surface area (Å²) < 4.78 is 35.8. The number of benzene rings is 1. The van der Waals surface area contributed by atoms with E-state index in [1.165, 1.54) is 12.3 Å². The van der Waals surface area contributed by atoms with Crippen molar-refractivity contribution in [3.63, 3.8) is 0 Å². The van der Waals surface area contributed by atoms with Crippen LogP contribution in [0.5, 0.6) is 0 Å². The molecule has 0 radical (unpaired) electrons. The standard InChI is InChI=1S/C16H24FN3O2S.HI/c1-3-18-15(19-9-10-23(2,21)22)20-12-16(7-8-16)13-5-4-6-14(17)11-13;/h4-6,11H,3,7-10,12H2,1-2H3,(H2,18,19,20);1H. The Balaban J connectivity index is 0.00000288. The van der Waals surface area contributed by atoms with Gasteiger partial charge in [0.15, 0.2) is 5.96 Å². The summed E-state index contributed by atoms with van der Waals surface area (Å²) in [5.74, 6) is 0.432. The van der Waals surface area contributed by atoms with Crippen molar-refractivity contribution in [2.45, 2.75) is 25.2 Å². The van der Waals surface area contributed by atoms with Crippen molar-refractivity contribution in [1.82, 2.24) is 10.6 Å². The minimum atomic E-state index is -3.00. The Labute approximate surface area is 160 Å². The SMILES string of the molecule is CCNC(=NCC1(c2cccc(F)c2)CC1)NCCS(C)(=O)=O.I. The predicted octanol–water partition coefficient (Wildman–Crippen LogP) is 2.08. The first-order chi connectivity index (χ1) is 10.8. The van der Waals surface area contributed by atoms with E-state index in [-0.39, 0.29) is 41.0 Å². The van der Waals surface area contributed by atoms with E-state index in [1.54, 1.807) is 12.1 Å². The fraction of sp³-hybridized carbons (Fsp3) is 0.562. The first-order valence-corrected chi connectivity index (χ1v) is 9.87. The van der Waals surface area contributed by atoms with E-state index >= 15 is 0 Å². The second-order valence-corrected chi connectivity index (χ2v) is 8.30. The molecule has 8 heteroatoms.